The van der Waals surface area contributed by atoms with Gasteiger partial charge >= 0.3 is 0 Å². The van der Waals surface area contributed by atoms with Crippen molar-refractivity contribution in [2.75, 3.05) is 19.6 Å². The van der Waals surface area contributed by atoms with Gasteiger partial charge in [0.1, 0.15) is 11.3 Å². The summed E-state index contributed by atoms with van der Waals surface area (Å²) in [6.07, 6.45) is 7.94. The highest BCUT2D eigenvalue weighted by Gasteiger charge is 2.22. The van der Waals surface area contributed by atoms with Crippen LogP contribution in [0.3, 0.4) is 0 Å². The van der Waals surface area contributed by atoms with Crippen LogP contribution in [0.2, 0.25) is 0 Å². The van der Waals surface area contributed by atoms with Crippen molar-refractivity contribution in [2.45, 2.75) is 26.3 Å². The van der Waals surface area contributed by atoms with Gasteiger partial charge in [0.05, 0.1) is 42.0 Å². The molecule has 0 N–H and O–H groups in total. The van der Waals surface area contributed by atoms with Crippen LogP contribution in [-0.4, -0.2) is 48.8 Å². The van der Waals surface area contributed by atoms with Crippen LogP contribution in [0.25, 0.3) is 49.2 Å². The van der Waals surface area contributed by atoms with E-state index in [2.05, 4.69) is 32.4 Å². The third-order valence-corrected chi connectivity index (χ3v) is 7.65. The van der Waals surface area contributed by atoms with Crippen LogP contribution >= 0.6 is 0 Å². The Labute approximate surface area is 215 Å². The number of piperidine rings is 1. The number of aryl methyl sites for hydroxylation is 1. The Hall–Kier alpha value is -4.09. The Balaban J connectivity index is 1.48. The first kappa shape index (κ1) is 23.3. The van der Waals surface area contributed by atoms with Crippen LogP contribution < -0.4 is 0 Å². The Morgan fingerprint density at radius 1 is 1.03 bits per heavy atom. The number of benzene rings is 2. The van der Waals surface area contributed by atoms with Gasteiger partial charge in [0.2, 0.25) is 5.69 Å². The number of aromatic nitrogens is 5. The van der Waals surface area contributed by atoms with E-state index in [1.807, 2.05) is 42.6 Å². The van der Waals surface area contributed by atoms with Gasteiger partial charge in [-0.15, -0.1) is 0 Å². The Kier molecular flexibility index (Phi) is 5.93. The fourth-order valence-electron chi connectivity index (χ4n) is 5.49. The lowest BCUT2D eigenvalue weighted by Gasteiger charge is -2.31. The summed E-state index contributed by atoms with van der Waals surface area (Å²) >= 11 is 0. The number of nitrogens with zero attached hydrogens (tertiary/aromatic N) is 7. The maximum atomic E-state index is 14.8. The highest BCUT2D eigenvalue weighted by atomic mass is 19.1. The fraction of sp³-hybridized carbons (Fsp3) is 0.310. The standard InChI is InChI=1S/C29H28FN7/c1-4-36-11-9-19(10-12-36)17-37-18-33-29-26(37)16-32-28(21-6-8-25-22(13-21)15-34-35(25)3)27(29)20-5-7-24(31-2)23(30)14-20/h5-8,13-16,18-19H,4,9-12,17H2,1,3H3. The zero-order valence-electron chi connectivity index (χ0n) is 21.0. The molecule has 6 rings (SSSR count). The lowest BCUT2D eigenvalue weighted by Crippen LogP contribution is -2.34. The van der Waals surface area contributed by atoms with Crippen molar-refractivity contribution in [2.24, 2.45) is 13.0 Å². The van der Waals surface area contributed by atoms with Crippen LogP contribution in [0.5, 0.6) is 0 Å². The summed E-state index contributed by atoms with van der Waals surface area (Å²) < 4.78 is 18.8. The monoisotopic (exact) mass is 493 g/mol. The lowest BCUT2D eigenvalue weighted by molar-refractivity contribution is 0.182. The average molecular weight is 494 g/mol. The smallest absolute Gasteiger partial charge is 0.222 e. The van der Waals surface area contributed by atoms with Gasteiger partial charge < -0.3 is 9.47 Å². The van der Waals surface area contributed by atoms with E-state index in [-0.39, 0.29) is 5.69 Å². The van der Waals surface area contributed by atoms with E-state index in [0.717, 1.165) is 64.9 Å². The summed E-state index contributed by atoms with van der Waals surface area (Å²) in [5.41, 5.74) is 5.83. The molecule has 0 spiro atoms. The molecule has 37 heavy (non-hydrogen) atoms. The average Bonchev–Trinajstić information content (AvgIpc) is 3.51. The third kappa shape index (κ3) is 4.15. The first-order valence-corrected chi connectivity index (χ1v) is 12.7. The molecule has 0 aliphatic carbocycles. The molecule has 8 heteroatoms. The molecule has 0 saturated carbocycles. The number of hydrogen-bond acceptors (Lipinski definition) is 4. The van der Waals surface area contributed by atoms with Gasteiger partial charge in [-0.3, -0.25) is 9.67 Å². The third-order valence-electron chi connectivity index (χ3n) is 7.65. The van der Waals surface area contributed by atoms with E-state index in [1.165, 1.54) is 25.0 Å². The highest BCUT2D eigenvalue weighted by Crippen LogP contribution is 2.38. The Bertz CT molecular complexity index is 1650. The topological polar surface area (TPSA) is 56.1 Å². The molecule has 7 nitrogen and oxygen atoms in total. The van der Waals surface area contributed by atoms with Gasteiger partial charge in [0.25, 0.3) is 0 Å². The molecule has 0 bridgehead atoms. The Morgan fingerprint density at radius 3 is 2.59 bits per heavy atom. The summed E-state index contributed by atoms with van der Waals surface area (Å²) in [6.45, 7) is 13.7. The zero-order chi connectivity index (χ0) is 25.5. The molecule has 1 aliphatic heterocycles. The molecule has 0 radical (unpaired) electrons. The maximum absolute atomic E-state index is 14.8. The molecule has 1 saturated heterocycles. The summed E-state index contributed by atoms with van der Waals surface area (Å²) in [5, 5.41) is 5.37. The van der Waals surface area contributed by atoms with Crippen molar-refractivity contribution in [3.8, 4) is 22.4 Å². The van der Waals surface area contributed by atoms with Crippen molar-refractivity contribution in [1.29, 1.82) is 0 Å². The molecule has 3 aromatic heterocycles. The second-order valence-corrected chi connectivity index (χ2v) is 9.81. The predicted molar refractivity (Wildman–Crippen MR) is 144 cm³/mol. The summed E-state index contributed by atoms with van der Waals surface area (Å²) in [4.78, 5) is 15.5. The quantitative estimate of drug-likeness (QED) is 0.279. The van der Waals surface area contributed by atoms with Crippen LogP contribution in [0.4, 0.5) is 10.1 Å². The predicted octanol–water partition coefficient (Wildman–Crippen LogP) is 6.07. The molecular formula is C29H28FN7. The largest absolute Gasteiger partial charge is 0.329 e. The first-order chi connectivity index (χ1) is 18.1. The van der Waals surface area contributed by atoms with Crippen molar-refractivity contribution < 1.29 is 4.39 Å². The Morgan fingerprint density at radius 2 is 1.84 bits per heavy atom. The van der Waals surface area contributed by atoms with Gasteiger partial charge in [0, 0.05) is 30.1 Å². The fourth-order valence-corrected chi connectivity index (χ4v) is 5.49. The molecule has 0 unspecified atom stereocenters. The zero-order valence-corrected chi connectivity index (χ0v) is 21.0. The van der Waals surface area contributed by atoms with Crippen molar-refractivity contribution in [1.82, 2.24) is 29.2 Å². The molecule has 5 aromatic rings. The van der Waals surface area contributed by atoms with E-state index in [0.29, 0.717) is 11.5 Å². The van der Waals surface area contributed by atoms with Gasteiger partial charge in [-0.05, 0) is 62.2 Å². The minimum Gasteiger partial charge on any atom is -0.329 e. The van der Waals surface area contributed by atoms with E-state index in [9.17, 15) is 4.39 Å². The first-order valence-electron chi connectivity index (χ1n) is 12.7. The number of rotatable bonds is 5. The van der Waals surface area contributed by atoms with Gasteiger partial charge in [-0.25, -0.2) is 14.2 Å². The van der Waals surface area contributed by atoms with Gasteiger partial charge in [0.15, 0.2) is 0 Å². The van der Waals surface area contributed by atoms with Crippen molar-refractivity contribution in [3.63, 3.8) is 0 Å². The number of pyridine rings is 1. The number of halogens is 1. The lowest BCUT2D eigenvalue weighted by atomic mass is 9.96. The van der Waals surface area contributed by atoms with Crippen LogP contribution in [0, 0.1) is 18.3 Å². The van der Waals surface area contributed by atoms with E-state index < -0.39 is 5.82 Å². The molecular weight excluding hydrogens is 465 g/mol. The van der Waals surface area contributed by atoms with Gasteiger partial charge in [-0.1, -0.05) is 25.1 Å². The summed E-state index contributed by atoms with van der Waals surface area (Å²) in [7, 11) is 1.91. The molecule has 4 heterocycles. The molecule has 0 amide bonds. The number of imidazole rings is 1. The number of likely N-dealkylation sites (tertiary alicyclic amines) is 1. The number of hydrogen-bond donors (Lipinski definition) is 0. The minimum absolute atomic E-state index is 0.00571. The second-order valence-electron chi connectivity index (χ2n) is 9.81. The maximum Gasteiger partial charge on any atom is 0.222 e. The SMILES string of the molecule is [C-]#[N+]c1ccc(-c2c(-c3ccc4c(cnn4C)c3)ncc3c2ncn3CC2CCN(CC)CC2)cc1F. The molecule has 1 fully saturated rings. The minimum atomic E-state index is -0.541. The molecule has 0 atom stereocenters. The highest BCUT2D eigenvalue weighted by molar-refractivity contribution is 6.00. The summed E-state index contributed by atoms with van der Waals surface area (Å²) in [6, 6.07) is 10.8. The van der Waals surface area contributed by atoms with E-state index >= 15 is 0 Å². The van der Waals surface area contributed by atoms with E-state index in [4.69, 9.17) is 16.5 Å². The molecule has 1 aliphatic rings. The molecule has 2 aromatic carbocycles. The summed E-state index contributed by atoms with van der Waals surface area (Å²) in [5.74, 6) is 0.0481. The second kappa shape index (κ2) is 9.41. The normalized spacial score (nSPS) is 15.0. The van der Waals surface area contributed by atoms with Crippen LogP contribution in [-0.2, 0) is 13.6 Å². The van der Waals surface area contributed by atoms with Crippen molar-refractivity contribution >= 4 is 27.6 Å². The van der Waals surface area contributed by atoms with Crippen molar-refractivity contribution in [3.05, 3.63) is 72.4 Å². The van der Waals surface area contributed by atoms with Gasteiger partial charge in [-0.2, -0.15) is 5.10 Å². The van der Waals surface area contributed by atoms with E-state index in [1.54, 1.807) is 6.07 Å². The number of fused-ring (bicyclic) bond motifs is 2. The van der Waals surface area contributed by atoms with Crippen LogP contribution in [0.15, 0.2) is 55.1 Å². The van der Waals surface area contributed by atoms with Crippen LogP contribution in [0.1, 0.15) is 19.8 Å². The molecule has 186 valence electrons.